The van der Waals surface area contributed by atoms with Gasteiger partial charge in [0.15, 0.2) is 0 Å². The maximum absolute atomic E-state index is 14.2. The number of hydrogen-bond donors (Lipinski definition) is 1. The Bertz CT molecular complexity index is 1930. The SMILES string of the molecule is CCOC(=O)C1=c2s/c(=C/c3ccc(Cl)cc3)c(=O)n2C(N)=C(S(=O)(=O)c2ccccc2)C1c1ccc(Cl)cc1. The van der Waals surface area contributed by atoms with Crippen LogP contribution < -0.4 is 20.5 Å². The summed E-state index contributed by atoms with van der Waals surface area (Å²) in [6, 6.07) is 21.0. The second kappa shape index (κ2) is 11.1. The van der Waals surface area contributed by atoms with Crippen molar-refractivity contribution in [3.05, 3.63) is 124 Å². The number of carbonyl (C=O) groups is 1. The molecule has 1 aliphatic rings. The van der Waals surface area contributed by atoms with Gasteiger partial charge in [-0.05, 0) is 60.5 Å². The number of nitrogens with two attached hydrogens (primary N) is 1. The van der Waals surface area contributed by atoms with Gasteiger partial charge in [-0.1, -0.05) is 65.7 Å². The Kier molecular flexibility index (Phi) is 7.74. The van der Waals surface area contributed by atoms with Crippen molar-refractivity contribution in [2.24, 2.45) is 5.73 Å². The highest BCUT2D eigenvalue weighted by atomic mass is 35.5. The second-order valence-electron chi connectivity index (χ2n) is 8.79. The molecule has 4 aromatic rings. The number of allylic oxidation sites excluding steroid dienone is 1. The smallest absolute Gasteiger partial charge is 0.338 e. The molecule has 1 atom stereocenters. The van der Waals surface area contributed by atoms with Crippen LogP contribution in [-0.2, 0) is 19.4 Å². The lowest BCUT2D eigenvalue weighted by Gasteiger charge is -2.28. The number of halogens is 2. The number of fused-ring (bicyclic) bond motifs is 1. The van der Waals surface area contributed by atoms with Crippen molar-refractivity contribution in [3.8, 4) is 0 Å². The van der Waals surface area contributed by atoms with E-state index >= 15 is 0 Å². The van der Waals surface area contributed by atoms with Crippen molar-refractivity contribution in [3.63, 3.8) is 0 Å². The summed E-state index contributed by atoms with van der Waals surface area (Å²) in [4.78, 5) is 27.0. The molecule has 2 N–H and O–H groups in total. The number of rotatable bonds is 6. The summed E-state index contributed by atoms with van der Waals surface area (Å²) in [5.74, 6) is -2.21. The van der Waals surface area contributed by atoms with Gasteiger partial charge in [-0.25, -0.2) is 13.2 Å². The number of thiazole rings is 1. The van der Waals surface area contributed by atoms with E-state index in [0.29, 0.717) is 21.2 Å². The third-order valence-electron chi connectivity index (χ3n) is 6.31. The van der Waals surface area contributed by atoms with Crippen LogP contribution in [0, 0.1) is 0 Å². The van der Waals surface area contributed by atoms with Crippen LogP contribution >= 0.6 is 34.5 Å². The molecule has 0 fully saturated rings. The topological polar surface area (TPSA) is 108 Å². The minimum Gasteiger partial charge on any atom is -0.463 e. The summed E-state index contributed by atoms with van der Waals surface area (Å²) in [5.41, 5.74) is 7.14. The minimum absolute atomic E-state index is 0.00858. The number of carbonyl (C=O) groups excluding carboxylic acids is 1. The molecule has 204 valence electrons. The monoisotopic (exact) mass is 612 g/mol. The molecule has 5 rings (SSSR count). The maximum atomic E-state index is 14.2. The van der Waals surface area contributed by atoms with Crippen LogP contribution in [0.4, 0.5) is 0 Å². The zero-order chi connectivity index (χ0) is 28.6. The lowest BCUT2D eigenvalue weighted by atomic mass is 9.89. The summed E-state index contributed by atoms with van der Waals surface area (Å²) < 4.78 is 35.2. The summed E-state index contributed by atoms with van der Waals surface area (Å²) in [7, 11) is -4.30. The van der Waals surface area contributed by atoms with Crippen molar-refractivity contribution >= 4 is 67.8 Å². The molecule has 0 bridgehead atoms. The van der Waals surface area contributed by atoms with Gasteiger partial charge in [0, 0.05) is 10.0 Å². The van der Waals surface area contributed by atoms with Crippen LogP contribution in [0.3, 0.4) is 0 Å². The largest absolute Gasteiger partial charge is 0.463 e. The van der Waals surface area contributed by atoms with E-state index in [1.807, 2.05) is 0 Å². The highest BCUT2D eigenvalue weighted by molar-refractivity contribution is 7.95. The Balaban J connectivity index is 1.92. The van der Waals surface area contributed by atoms with Crippen LogP contribution in [0.25, 0.3) is 17.5 Å². The van der Waals surface area contributed by atoms with E-state index in [4.69, 9.17) is 33.7 Å². The molecule has 1 unspecified atom stereocenters. The number of sulfone groups is 1. The van der Waals surface area contributed by atoms with Gasteiger partial charge < -0.3 is 10.5 Å². The van der Waals surface area contributed by atoms with Crippen LogP contribution in [0.1, 0.15) is 24.0 Å². The van der Waals surface area contributed by atoms with Crippen molar-refractivity contribution in [1.29, 1.82) is 0 Å². The Hall–Kier alpha value is -3.63. The quantitative estimate of drug-likeness (QED) is 0.328. The van der Waals surface area contributed by atoms with E-state index in [1.165, 1.54) is 12.1 Å². The number of nitrogens with zero attached hydrogens (tertiary/aromatic N) is 1. The van der Waals surface area contributed by atoms with Gasteiger partial charge in [0.2, 0.25) is 9.84 Å². The molecule has 0 spiro atoms. The van der Waals surface area contributed by atoms with E-state index in [2.05, 4.69) is 0 Å². The molecule has 3 aromatic carbocycles. The molecule has 0 saturated carbocycles. The first-order valence-corrected chi connectivity index (χ1v) is 15.1. The highest BCUT2D eigenvalue weighted by Gasteiger charge is 2.42. The number of benzene rings is 3. The Morgan fingerprint density at radius 1 is 1.00 bits per heavy atom. The molecule has 1 aromatic heterocycles. The third kappa shape index (κ3) is 5.01. The van der Waals surface area contributed by atoms with E-state index in [-0.39, 0.29) is 37.0 Å². The second-order valence-corrected chi connectivity index (χ2v) is 12.6. The molecular formula is C29H22Cl2N2O5S2. The van der Waals surface area contributed by atoms with Crippen LogP contribution in [0.2, 0.25) is 10.0 Å². The van der Waals surface area contributed by atoms with Crippen molar-refractivity contribution in [2.45, 2.75) is 17.7 Å². The molecule has 40 heavy (non-hydrogen) atoms. The van der Waals surface area contributed by atoms with Gasteiger partial charge in [0.05, 0.1) is 27.5 Å². The van der Waals surface area contributed by atoms with E-state index in [0.717, 1.165) is 15.9 Å². The zero-order valence-electron chi connectivity index (χ0n) is 21.0. The number of aromatic nitrogens is 1. The average molecular weight is 614 g/mol. The molecule has 7 nitrogen and oxygen atoms in total. The highest BCUT2D eigenvalue weighted by Crippen LogP contribution is 2.42. The lowest BCUT2D eigenvalue weighted by Crippen LogP contribution is -2.41. The molecular weight excluding hydrogens is 591 g/mol. The van der Waals surface area contributed by atoms with Gasteiger partial charge in [-0.2, -0.15) is 0 Å². The number of ether oxygens (including phenoxy) is 1. The predicted molar refractivity (Wildman–Crippen MR) is 158 cm³/mol. The van der Waals surface area contributed by atoms with Crippen molar-refractivity contribution in [1.82, 2.24) is 4.57 Å². The van der Waals surface area contributed by atoms with Crippen LogP contribution in [0.15, 0.2) is 93.5 Å². The molecule has 0 radical (unpaired) electrons. The van der Waals surface area contributed by atoms with Gasteiger partial charge in [0.1, 0.15) is 15.4 Å². The molecule has 0 saturated heterocycles. The summed E-state index contributed by atoms with van der Waals surface area (Å²) in [5, 5.41) is 0.959. The summed E-state index contributed by atoms with van der Waals surface area (Å²) in [6.07, 6.45) is 1.63. The number of esters is 1. The Morgan fingerprint density at radius 3 is 2.20 bits per heavy atom. The number of hydrogen-bond acceptors (Lipinski definition) is 7. The van der Waals surface area contributed by atoms with Gasteiger partial charge >= 0.3 is 5.97 Å². The summed E-state index contributed by atoms with van der Waals surface area (Å²) in [6.45, 7) is 1.68. The maximum Gasteiger partial charge on any atom is 0.338 e. The molecule has 0 amide bonds. The lowest BCUT2D eigenvalue weighted by molar-refractivity contribution is -0.136. The fraction of sp³-hybridized carbons (Fsp3) is 0.103. The fourth-order valence-corrected chi connectivity index (χ4v) is 7.63. The average Bonchev–Trinajstić information content (AvgIpc) is 3.26. The van der Waals surface area contributed by atoms with Crippen molar-refractivity contribution < 1.29 is 17.9 Å². The fourth-order valence-electron chi connectivity index (χ4n) is 4.51. The molecule has 2 heterocycles. The Morgan fingerprint density at radius 2 is 1.60 bits per heavy atom. The first-order chi connectivity index (χ1) is 19.1. The van der Waals surface area contributed by atoms with Crippen molar-refractivity contribution in [2.75, 3.05) is 6.61 Å². The molecule has 1 aliphatic heterocycles. The first-order valence-electron chi connectivity index (χ1n) is 12.1. The molecule has 11 heteroatoms. The zero-order valence-corrected chi connectivity index (χ0v) is 24.2. The third-order valence-corrected chi connectivity index (χ3v) is 9.84. The van der Waals surface area contributed by atoms with E-state index in [1.54, 1.807) is 79.7 Å². The first kappa shape index (κ1) is 27.9. The Labute approximate surface area is 244 Å². The van der Waals surface area contributed by atoms with Crippen LogP contribution in [-0.4, -0.2) is 25.6 Å². The van der Waals surface area contributed by atoms with Gasteiger partial charge in [0.25, 0.3) is 5.56 Å². The minimum atomic E-state index is -4.30. The summed E-state index contributed by atoms with van der Waals surface area (Å²) >= 11 is 13.2. The predicted octanol–water partition coefficient (Wildman–Crippen LogP) is 4.12. The van der Waals surface area contributed by atoms with E-state index in [9.17, 15) is 18.0 Å². The van der Waals surface area contributed by atoms with Gasteiger partial charge in [-0.15, -0.1) is 11.3 Å². The van der Waals surface area contributed by atoms with Crippen LogP contribution in [0.5, 0.6) is 0 Å². The normalized spacial score (nSPS) is 15.7. The van der Waals surface area contributed by atoms with Gasteiger partial charge in [-0.3, -0.25) is 9.36 Å². The molecule has 0 aliphatic carbocycles. The standard InChI is InChI=1S/C29H22Cl2N2O5S2/c1-2-38-29(35)24-23(18-10-14-20(31)15-11-18)25(40(36,37)21-6-4-3-5-7-21)26(32)33-27(34)22(39-28(24)33)16-17-8-12-19(30)13-9-17/h3-16,23H,2,32H2,1H3/b22-16+. The van der Waals surface area contributed by atoms with E-state index < -0.39 is 27.3 Å².